The Morgan fingerprint density at radius 3 is 2.67 bits per heavy atom. The number of ether oxygens (including phenoxy) is 3. The molecule has 2 atom stereocenters. The molecule has 0 radical (unpaired) electrons. The quantitative estimate of drug-likeness (QED) is 0.706. The molecule has 1 amide bonds. The van der Waals surface area contributed by atoms with Crippen LogP contribution in [0.15, 0.2) is 24.3 Å². The number of carbonyl (C=O) groups is 2. The highest BCUT2D eigenvalue weighted by molar-refractivity contribution is 5.81. The number of hydrogen-bond donors (Lipinski definition) is 1. The van der Waals surface area contributed by atoms with Gasteiger partial charge in [-0.1, -0.05) is 38.0 Å². The van der Waals surface area contributed by atoms with E-state index in [1.54, 1.807) is 6.07 Å². The first-order valence-electron chi connectivity index (χ1n) is 9.42. The SMILES string of the molecule is C/C=C/c1ccc(OCC(=O)OCC(=O)N[C@H]2CCCC[C@H]2C)c(OC)c1. The lowest BCUT2D eigenvalue weighted by Crippen LogP contribution is -2.43. The van der Waals surface area contributed by atoms with E-state index in [-0.39, 0.29) is 25.2 Å². The third-order valence-electron chi connectivity index (χ3n) is 4.71. The Balaban J connectivity index is 1.76. The second-order valence-electron chi connectivity index (χ2n) is 6.80. The maximum absolute atomic E-state index is 12.0. The molecule has 0 unspecified atom stereocenters. The predicted molar refractivity (Wildman–Crippen MR) is 104 cm³/mol. The van der Waals surface area contributed by atoms with Gasteiger partial charge in [0.25, 0.3) is 5.91 Å². The first kappa shape index (κ1) is 20.8. The van der Waals surface area contributed by atoms with Crippen LogP contribution in [0.25, 0.3) is 6.08 Å². The van der Waals surface area contributed by atoms with Crippen LogP contribution in [-0.2, 0) is 14.3 Å². The lowest BCUT2D eigenvalue weighted by atomic mass is 9.86. The number of carbonyl (C=O) groups excluding carboxylic acids is 2. The molecule has 0 spiro atoms. The average molecular weight is 375 g/mol. The van der Waals surface area contributed by atoms with Gasteiger partial charge in [-0.05, 0) is 43.4 Å². The van der Waals surface area contributed by atoms with E-state index in [2.05, 4.69) is 12.2 Å². The smallest absolute Gasteiger partial charge is 0.344 e. The van der Waals surface area contributed by atoms with Gasteiger partial charge in [-0.25, -0.2) is 4.79 Å². The van der Waals surface area contributed by atoms with Crippen molar-refractivity contribution in [2.75, 3.05) is 20.3 Å². The molecular formula is C21H29NO5. The van der Waals surface area contributed by atoms with Crippen molar-refractivity contribution >= 4 is 18.0 Å². The summed E-state index contributed by atoms with van der Waals surface area (Å²) in [7, 11) is 1.54. The summed E-state index contributed by atoms with van der Waals surface area (Å²) in [6.07, 6.45) is 8.29. The van der Waals surface area contributed by atoms with Gasteiger partial charge < -0.3 is 19.5 Å². The van der Waals surface area contributed by atoms with Gasteiger partial charge in [0.1, 0.15) is 0 Å². The van der Waals surface area contributed by atoms with E-state index in [9.17, 15) is 9.59 Å². The van der Waals surface area contributed by atoms with Crippen molar-refractivity contribution in [1.29, 1.82) is 0 Å². The molecule has 2 rings (SSSR count). The molecule has 6 heteroatoms. The summed E-state index contributed by atoms with van der Waals surface area (Å²) in [5.74, 6) is 0.571. The van der Waals surface area contributed by atoms with Gasteiger partial charge in [0.05, 0.1) is 7.11 Å². The van der Waals surface area contributed by atoms with E-state index in [1.165, 1.54) is 13.5 Å². The zero-order valence-electron chi connectivity index (χ0n) is 16.3. The fourth-order valence-corrected chi connectivity index (χ4v) is 3.20. The van der Waals surface area contributed by atoms with E-state index in [1.807, 2.05) is 31.2 Å². The summed E-state index contributed by atoms with van der Waals surface area (Å²) in [5, 5.41) is 2.95. The van der Waals surface area contributed by atoms with Gasteiger partial charge >= 0.3 is 5.97 Å². The molecule has 1 aliphatic rings. The monoisotopic (exact) mass is 375 g/mol. The molecule has 0 saturated heterocycles. The number of hydrogen-bond acceptors (Lipinski definition) is 5. The zero-order chi connectivity index (χ0) is 19.6. The molecule has 1 aliphatic carbocycles. The van der Waals surface area contributed by atoms with Crippen LogP contribution in [0.5, 0.6) is 11.5 Å². The molecular weight excluding hydrogens is 346 g/mol. The molecule has 6 nitrogen and oxygen atoms in total. The minimum absolute atomic E-state index is 0.168. The van der Waals surface area contributed by atoms with Gasteiger partial charge in [-0.3, -0.25) is 4.79 Å². The van der Waals surface area contributed by atoms with Crippen molar-refractivity contribution in [2.24, 2.45) is 5.92 Å². The molecule has 1 aromatic carbocycles. The fourth-order valence-electron chi connectivity index (χ4n) is 3.20. The number of nitrogens with one attached hydrogen (secondary N) is 1. The number of benzene rings is 1. The Morgan fingerprint density at radius 2 is 1.96 bits per heavy atom. The molecule has 27 heavy (non-hydrogen) atoms. The third-order valence-corrected chi connectivity index (χ3v) is 4.71. The summed E-state index contributed by atoms with van der Waals surface area (Å²) in [5.41, 5.74) is 0.970. The first-order chi connectivity index (χ1) is 13.0. The van der Waals surface area contributed by atoms with Crippen LogP contribution < -0.4 is 14.8 Å². The van der Waals surface area contributed by atoms with Crippen molar-refractivity contribution in [1.82, 2.24) is 5.32 Å². The standard InChI is InChI=1S/C21H29NO5/c1-4-7-16-10-11-18(19(12-16)25-3)26-14-21(24)27-13-20(23)22-17-9-6-5-8-15(17)2/h4,7,10-12,15,17H,5-6,8-9,13-14H2,1-3H3,(H,22,23)/b7-4+/t15-,17+/m1/s1. The second kappa shape index (κ2) is 10.6. The van der Waals surface area contributed by atoms with Gasteiger partial charge in [-0.2, -0.15) is 0 Å². The van der Waals surface area contributed by atoms with Gasteiger partial charge in [0.2, 0.25) is 0 Å². The van der Waals surface area contributed by atoms with Crippen molar-refractivity contribution in [3.8, 4) is 11.5 Å². The summed E-state index contributed by atoms with van der Waals surface area (Å²) < 4.78 is 15.8. The Labute approximate surface area is 160 Å². The molecule has 0 aromatic heterocycles. The van der Waals surface area contributed by atoms with E-state index >= 15 is 0 Å². The number of allylic oxidation sites excluding steroid dienone is 1. The molecule has 0 bridgehead atoms. The molecule has 0 heterocycles. The highest BCUT2D eigenvalue weighted by atomic mass is 16.6. The normalized spacial score (nSPS) is 19.5. The minimum Gasteiger partial charge on any atom is -0.493 e. The fraction of sp³-hybridized carbons (Fsp3) is 0.524. The predicted octanol–water partition coefficient (Wildman–Crippen LogP) is 3.35. The number of esters is 1. The molecule has 1 N–H and O–H groups in total. The Morgan fingerprint density at radius 1 is 1.19 bits per heavy atom. The van der Waals surface area contributed by atoms with Crippen molar-refractivity contribution in [3.63, 3.8) is 0 Å². The van der Waals surface area contributed by atoms with E-state index < -0.39 is 5.97 Å². The lowest BCUT2D eigenvalue weighted by Gasteiger charge is -2.29. The van der Waals surface area contributed by atoms with Crippen molar-refractivity contribution < 1.29 is 23.8 Å². The Hall–Kier alpha value is -2.50. The van der Waals surface area contributed by atoms with Crippen LogP contribution in [0.2, 0.25) is 0 Å². The van der Waals surface area contributed by atoms with Crippen LogP contribution >= 0.6 is 0 Å². The summed E-state index contributed by atoms with van der Waals surface area (Å²) in [6, 6.07) is 5.58. The number of methoxy groups -OCH3 is 1. The van der Waals surface area contributed by atoms with E-state index in [4.69, 9.17) is 14.2 Å². The molecule has 1 saturated carbocycles. The molecule has 1 fully saturated rings. The van der Waals surface area contributed by atoms with E-state index in [0.29, 0.717) is 17.4 Å². The molecule has 0 aliphatic heterocycles. The summed E-state index contributed by atoms with van der Waals surface area (Å²) in [6.45, 7) is 3.49. The number of rotatable bonds is 8. The average Bonchev–Trinajstić information content (AvgIpc) is 2.67. The maximum Gasteiger partial charge on any atom is 0.344 e. The van der Waals surface area contributed by atoms with Crippen molar-refractivity contribution in [2.45, 2.75) is 45.6 Å². The lowest BCUT2D eigenvalue weighted by molar-refractivity contribution is -0.150. The summed E-state index contributed by atoms with van der Waals surface area (Å²) in [4.78, 5) is 23.8. The highest BCUT2D eigenvalue weighted by Gasteiger charge is 2.23. The third kappa shape index (κ3) is 6.62. The maximum atomic E-state index is 12.0. The Kier molecular flexibility index (Phi) is 8.17. The van der Waals surface area contributed by atoms with Gasteiger partial charge in [-0.15, -0.1) is 0 Å². The van der Waals surface area contributed by atoms with Crippen LogP contribution in [0.1, 0.15) is 45.1 Å². The Bertz CT molecular complexity index is 671. The number of amides is 1. The van der Waals surface area contributed by atoms with Crippen LogP contribution in [-0.4, -0.2) is 38.2 Å². The van der Waals surface area contributed by atoms with Crippen LogP contribution in [0, 0.1) is 5.92 Å². The van der Waals surface area contributed by atoms with E-state index in [0.717, 1.165) is 24.8 Å². The zero-order valence-corrected chi connectivity index (χ0v) is 16.3. The molecule has 148 valence electrons. The van der Waals surface area contributed by atoms with Crippen LogP contribution in [0.4, 0.5) is 0 Å². The van der Waals surface area contributed by atoms with Crippen LogP contribution in [0.3, 0.4) is 0 Å². The van der Waals surface area contributed by atoms with Crippen molar-refractivity contribution in [3.05, 3.63) is 29.8 Å². The largest absolute Gasteiger partial charge is 0.493 e. The minimum atomic E-state index is -0.596. The topological polar surface area (TPSA) is 73.9 Å². The first-order valence-corrected chi connectivity index (χ1v) is 9.42. The molecule has 1 aromatic rings. The highest BCUT2D eigenvalue weighted by Crippen LogP contribution is 2.28. The van der Waals surface area contributed by atoms with Gasteiger partial charge in [0.15, 0.2) is 24.7 Å². The summed E-state index contributed by atoms with van der Waals surface area (Å²) >= 11 is 0. The van der Waals surface area contributed by atoms with Gasteiger partial charge in [0, 0.05) is 6.04 Å². The second-order valence-corrected chi connectivity index (χ2v) is 6.80.